The first-order valence-corrected chi connectivity index (χ1v) is 8.76. The molecule has 0 bridgehead atoms. The molecule has 0 unspecified atom stereocenters. The van der Waals surface area contributed by atoms with Crippen LogP contribution in [0.1, 0.15) is 24.1 Å². The first-order chi connectivity index (χ1) is 9.14. The van der Waals surface area contributed by atoms with Crippen LogP contribution in [0.5, 0.6) is 0 Å². The Bertz CT molecular complexity index is 488. The lowest BCUT2D eigenvalue weighted by Crippen LogP contribution is -2.35. The topological polar surface area (TPSA) is 40.5 Å². The maximum absolute atomic E-state index is 11.6. The fraction of sp³-hybridized carbons (Fsp3) is 0.643. The highest BCUT2D eigenvalue weighted by Gasteiger charge is 2.54. The summed E-state index contributed by atoms with van der Waals surface area (Å²) in [7, 11) is 0. The van der Waals surface area contributed by atoms with Crippen LogP contribution in [0.3, 0.4) is 0 Å². The summed E-state index contributed by atoms with van der Waals surface area (Å²) >= 11 is 3.60. The van der Waals surface area contributed by atoms with Crippen molar-refractivity contribution in [3.8, 4) is 0 Å². The minimum absolute atomic E-state index is 0.366. The first-order valence-electron chi connectivity index (χ1n) is 6.72. The summed E-state index contributed by atoms with van der Waals surface area (Å²) in [5.41, 5.74) is -0.445. The lowest BCUT2D eigenvalue weighted by atomic mass is 9.81. The van der Waals surface area contributed by atoms with Crippen LogP contribution in [-0.2, 0) is 11.3 Å². The normalized spacial score (nSPS) is 30.7. The molecule has 104 valence electrons. The summed E-state index contributed by atoms with van der Waals surface area (Å²) in [5.74, 6) is -0.210. The Morgan fingerprint density at radius 2 is 2.47 bits per heavy atom. The molecule has 19 heavy (non-hydrogen) atoms. The summed E-state index contributed by atoms with van der Waals surface area (Å²) in [6, 6.07) is 4.34. The summed E-state index contributed by atoms with van der Waals surface area (Å²) in [4.78, 5) is 15.3. The van der Waals surface area contributed by atoms with Gasteiger partial charge in [0, 0.05) is 24.5 Å². The van der Waals surface area contributed by atoms with Crippen molar-refractivity contribution in [2.45, 2.75) is 30.0 Å². The molecule has 2 fully saturated rings. The van der Waals surface area contributed by atoms with Gasteiger partial charge in [0.1, 0.15) is 0 Å². The summed E-state index contributed by atoms with van der Waals surface area (Å²) < 4.78 is 1.34. The number of hydrogen-bond acceptors (Lipinski definition) is 4. The Morgan fingerprint density at radius 1 is 1.63 bits per heavy atom. The second-order valence-corrected chi connectivity index (χ2v) is 7.92. The summed E-state index contributed by atoms with van der Waals surface area (Å²) in [6.45, 7) is 2.61. The lowest BCUT2D eigenvalue weighted by molar-refractivity contribution is -0.149. The molecule has 1 saturated carbocycles. The van der Waals surface area contributed by atoms with E-state index in [4.69, 9.17) is 0 Å². The Labute approximate surface area is 122 Å². The number of aliphatic carboxylic acids is 1. The average molecular weight is 297 g/mol. The highest BCUT2D eigenvalue weighted by Crippen LogP contribution is 2.49. The largest absolute Gasteiger partial charge is 0.481 e. The van der Waals surface area contributed by atoms with Gasteiger partial charge >= 0.3 is 5.97 Å². The van der Waals surface area contributed by atoms with Crippen molar-refractivity contribution in [1.82, 2.24) is 4.90 Å². The number of thiophene rings is 1. The van der Waals surface area contributed by atoms with Gasteiger partial charge in [0.2, 0.25) is 0 Å². The van der Waals surface area contributed by atoms with Crippen LogP contribution in [0.25, 0.3) is 0 Å². The van der Waals surface area contributed by atoms with E-state index in [1.807, 2.05) is 11.3 Å². The van der Waals surface area contributed by atoms with Gasteiger partial charge in [-0.1, -0.05) is 6.42 Å². The van der Waals surface area contributed by atoms with Crippen LogP contribution in [0.4, 0.5) is 0 Å². The first kappa shape index (κ1) is 13.5. The third kappa shape index (κ3) is 2.32. The Kier molecular flexibility index (Phi) is 3.62. The number of fused-ring (bicyclic) bond motifs is 1. The molecular formula is C14H19NO2S2. The molecule has 0 spiro atoms. The molecule has 0 radical (unpaired) electrons. The van der Waals surface area contributed by atoms with Gasteiger partial charge in [-0.25, -0.2) is 0 Å². The molecule has 1 N–H and O–H groups in total. The molecule has 5 heteroatoms. The summed E-state index contributed by atoms with van der Waals surface area (Å²) in [6.07, 6.45) is 5.13. The molecule has 1 aromatic heterocycles. The highest BCUT2D eigenvalue weighted by atomic mass is 32.2. The molecule has 1 saturated heterocycles. The monoisotopic (exact) mass is 297 g/mol. The Hall–Kier alpha value is -0.520. The van der Waals surface area contributed by atoms with E-state index in [-0.39, 0.29) is 0 Å². The number of carboxylic acid groups (broad SMARTS) is 1. The van der Waals surface area contributed by atoms with Crippen molar-refractivity contribution in [3.63, 3.8) is 0 Å². The number of hydrogen-bond donors (Lipinski definition) is 1. The van der Waals surface area contributed by atoms with Crippen molar-refractivity contribution in [1.29, 1.82) is 0 Å². The number of carbonyl (C=O) groups is 1. The zero-order chi connectivity index (χ0) is 13.5. The number of carboxylic acids is 1. The van der Waals surface area contributed by atoms with Gasteiger partial charge in [-0.05, 0) is 37.1 Å². The van der Waals surface area contributed by atoms with Crippen molar-refractivity contribution in [2.75, 3.05) is 19.3 Å². The van der Waals surface area contributed by atoms with Crippen molar-refractivity contribution in [3.05, 3.63) is 17.0 Å². The maximum Gasteiger partial charge on any atom is 0.311 e. The minimum atomic E-state index is -0.575. The van der Waals surface area contributed by atoms with Crippen LogP contribution in [0.15, 0.2) is 16.3 Å². The van der Waals surface area contributed by atoms with E-state index in [0.717, 1.165) is 38.9 Å². The van der Waals surface area contributed by atoms with Gasteiger partial charge in [-0.15, -0.1) is 23.1 Å². The predicted molar refractivity (Wildman–Crippen MR) is 78.8 cm³/mol. The van der Waals surface area contributed by atoms with Gasteiger partial charge in [-0.2, -0.15) is 0 Å². The number of thioether (sulfide) groups is 1. The van der Waals surface area contributed by atoms with E-state index in [1.165, 1.54) is 9.09 Å². The van der Waals surface area contributed by atoms with Gasteiger partial charge in [0.25, 0.3) is 0 Å². The van der Waals surface area contributed by atoms with E-state index in [1.54, 1.807) is 11.8 Å². The zero-order valence-electron chi connectivity index (χ0n) is 11.1. The van der Waals surface area contributed by atoms with Crippen LogP contribution < -0.4 is 0 Å². The van der Waals surface area contributed by atoms with Gasteiger partial charge in [-0.3, -0.25) is 9.69 Å². The standard InChI is InChI=1S/C14H19NO2S2/c1-18-12-5-4-11(19-12)8-15-7-10-3-2-6-14(10,9-15)13(16)17/h4-5,10H,2-3,6-9H2,1H3,(H,16,17)/t10-,14+/m0/s1. The van der Waals surface area contributed by atoms with Crippen LogP contribution >= 0.6 is 23.1 Å². The fourth-order valence-electron chi connectivity index (χ4n) is 3.64. The minimum Gasteiger partial charge on any atom is -0.481 e. The molecule has 0 amide bonds. The molecule has 2 heterocycles. The molecular weight excluding hydrogens is 278 g/mol. The third-order valence-corrected chi connectivity index (χ3v) is 6.74. The lowest BCUT2D eigenvalue weighted by Gasteiger charge is -2.23. The van der Waals surface area contributed by atoms with E-state index in [9.17, 15) is 9.90 Å². The van der Waals surface area contributed by atoms with Gasteiger partial charge < -0.3 is 5.11 Å². The molecule has 2 atom stereocenters. The molecule has 1 aliphatic carbocycles. The number of rotatable bonds is 4. The van der Waals surface area contributed by atoms with Gasteiger partial charge in [0.15, 0.2) is 0 Å². The summed E-state index contributed by atoms with van der Waals surface area (Å²) in [5, 5.41) is 9.57. The number of likely N-dealkylation sites (tertiary alicyclic amines) is 1. The molecule has 3 rings (SSSR count). The molecule has 2 aliphatic rings. The fourth-order valence-corrected chi connectivity index (χ4v) is 5.27. The third-order valence-electron chi connectivity index (χ3n) is 4.58. The highest BCUT2D eigenvalue weighted by molar-refractivity contribution is 8.00. The Balaban J connectivity index is 1.70. The second-order valence-electron chi connectivity index (χ2n) is 5.64. The van der Waals surface area contributed by atoms with Gasteiger partial charge in [0.05, 0.1) is 9.62 Å². The second kappa shape index (κ2) is 5.11. The van der Waals surface area contributed by atoms with Crippen molar-refractivity contribution >= 4 is 29.1 Å². The Morgan fingerprint density at radius 3 is 3.11 bits per heavy atom. The smallest absolute Gasteiger partial charge is 0.311 e. The van der Waals surface area contributed by atoms with E-state index in [2.05, 4.69) is 23.3 Å². The van der Waals surface area contributed by atoms with E-state index in [0.29, 0.717) is 5.92 Å². The maximum atomic E-state index is 11.6. The zero-order valence-corrected chi connectivity index (χ0v) is 12.7. The van der Waals surface area contributed by atoms with Crippen LogP contribution in [0, 0.1) is 11.3 Å². The van der Waals surface area contributed by atoms with E-state index >= 15 is 0 Å². The quantitative estimate of drug-likeness (QED) is 0.867. The predicted octanol–water partition coefficient (Wildman–Crippen LogP) is 3.16. The molecule has 3 nitrogen and oxygen atoms in total. The van der Waals surface area contributed by atoms with Crippen LogP contribution in [-0.4, -0.2) is 35.3 Å². The van der Waals surface area contributed by atoms with E-state index < -0.39 is 11.4 Å². The molecule has 1 aromatic rings. The average Bonchev–Trinajstić information content (AvgIpc) is 3.02. The number of nitrogens with zero attached hydrogens (tertiary/aromatic N) is 1. The molecule has 0 aromatic carbocycles. The SMILES string of the molecule is CSc1ccc(CN2C[C@@H]3CCC[C@@]3(C(=O)O)C2)s1. The molecule has 1 aliphatic heterocycles. The van der Waals surface area contributed by atoms with Crippen molar-refractivity contribution in [2.24, 2.45) is 11.3 Å². The van der Waals surface area contributed by atoms with Crippen LogP contribution in [0.2, 0.25) is 0 Å². The van der Waals surface area contributed by atoms with Crippen molar-refractivity contribution < 1.29 is 9.90 Å².